The van der Waals surface area contributed by atoms with Gasteiger partial charge >= 0.3 is 0 Å². The van der Waals surface area contributed by atoms with E-state index in [0.717, 1.165) is 0 Å². The van der Waals surface area contributed by atoms with Gasteiger partial charge in [-0.25, -0.2) is 0 Å². The molecule has 0 saturated heterocycles. The molecule has 0 radical (unpaired) electrons. The van der Waals surface area contributed by atoms with Crippen LogP contribution in [-0.2, 0) is 4.79 Å². The number of nitrogens with one attached hydrogen (secondary N) is 3. The first-order valence-corrected chi connectivity index (χ1v) is 11.7. The Kier molecular flexibility index (Phi) is 8.48. The Bertz CT molecular complexity index is 1190. The molecule has 0 fully saturated rings. The van der Waals surface area contributed by atoms with Crippen molar-refractivity contribution in [2.75, 3.05) is 29.2 Å². The predicted molar refractivity (Wildman–Crippen MR) is 134 cm³/mol. The minimum absolute atomic E-state index is 0.276. The maximum absolute atomic E-state index is 12.7. The minimum atomic E-state index is -0.646. The van der Waals surface area contributed by atoms with E-state index in [9.17, 15) is 9.59 Å². The Hall–Kier alpha value is -4.03. The molecule has 3 rings (SSSR count). The smallest absolute Gasteiger partial charge is 0.255 e. The molecule has 176 valence electrons. The molecule has 1 heterocycles. The van der Waals surface area contributed by atoms with E-state index in [2.05, 4.69) is 22.0 Å². The van der Waals surface area contributed by atoms with E-state index in [4.69, 9.17) is 14.7 Å². The first kappa shape index (κ1) is 24.6. The second-order valence-electron chi connectivity index (χ2n) is 7.16. The molecule has 0 aliphatic heterocycles. The van der Waals surface area contributed by atoms with Gasteiger partial charge in [0.15, 0.2) is 0 Å². The van der Waals surface area contributed by atoms with Crippen LogP contribution in [0.15, 0.2) is 53.9 Å². The largest absolute Gasteiger partial charge is 0.492 e. The Morgan fingerprint density at radius 3 is 2.29 bits per heavy atom. The molecule has 0 saturated carbocycles. The fourth-order valence-electron chi connectivity index (χ4n) is 3.12. The van der Waals surface area contributed by atoms with Crippen molar-refractivity contribution >= 4 is 39.5 Å². The molecular weight excluding hydrogens is 452 g/mol. The lowest BCUT2D eigenvalue weighted by molar-refractivity contribution is -0.116. The molecule has 8 nitrogen and oxygen atoms in total. The van der Waals surface area contributed by atoms with Gasteiger partial charge in [0.2, 0.25) is 5.91 Å². The van der Waals surface area contributed by atoms with E-state index < -0.39 is 6.04 Å². The van der Waals surface area contributed by atoms with Crippen molar-refractivity contribution in [1.82, 2.24) is 0 Å². The fourth-order valence-corrected chi connectivity index (χ4v) is 3.86. The highest BCUT2D eigenvalue weighted by atomic mass is 32.1. The summed E-state index contributed by atoms with van der Waals surface area (Å²) in [5.41, 5.74) is 1.93. The third-order valence-corrected chi connectivity index (χ3v) is 5.58. The van der Waals surface area contributed by atoms with Gasteiger partial charge in [-0.1, -0.05) is 18.2 Å². The number of hydrogen-bond donors (Lipinski definition) is 3. The van der Waals surface area contributed by atoms with Crippen molar-refractivity contribution in [1.29, 1.82) is 5.26 Å². The number of amides is 2. The predicted octanol–water partition coefficient (Wildman–Crippen LogP) is 5.11. The summed E-state index contributed by atoms with van der Waals surface area (Å²) in [6, 6.07) is 15.3. The molecule has 2 amide bonds. The molecule has 9 heteroatoms. The molecule has 1 aromatic heterocycles. The first-order chi connectivity index (χ1) is 16.5. The van der Waals surface area contributed by atoms with Crippen LogP contribution in [0.4, 0.5) is 16.4 Å². The van der Waals surface area contributed by atoms with Crippen LogP contribution < -0.4 is 25.4 Å². The number of benzene rings is 2. The van der Waals surface area contributed by atoms with Crippen molar-refractivity contribution in [3.8, 4) is 17.6 Å². The van der Waals surface area contributed by atoms with Crippen molar-refractivity contribution < 1.29 is 19.1 Å². The van der Waals surface area contributed by atoms with Gasteiger partial charge in [0.05, 0.1) is 30.2 Å². The van der Waals surface area contributed by atoms with Gasteiger partial charge in [0, 0.05) is 17.7 Å². The topological polar surface area (TPSA) is 112 Å². The van der Waals surface area contributed by atoms with Crippen molar-refractivity contribution in [3.05, 3.63) is 65.0 Å². The first-order valence-electron chi connectivity index (χ1n) is 10.8. The van der Waals surface area contributed by atoms with Crippen molar-refractivity contribution in [2.24, 2.45) is 0 Å². The highest BCUT2D eigenvalue weighted by Gasteiger charge is 2.20. The van der Waals surface area contributed by atoms with E-state index in [-0.39, 0.29) is 11.8 Å². The van der Waals surface area contributed by atoms with Crippen LogP contribution >= 0.6 is 11.3 Å². The van der Waals surface area contributed by atoms with E-state index in [1.165, 1.54) is 11.3 Å². The van der Waals surface area contributed by atoms with Gasteiger partial charge < -0.3 is 25.4 Å². The minimum Gasteiger partial charge on any atom is -0.492 e. The standard InChI is InChI=1S/C25H26N4O4S/c1-4-32-21-14-20(28-24(31)17-9-7-6-8-10-17)22(33-5-2)13-19(21)27-16(3)23(30)29-25-18(15-26)11-12-34-25/h6-14,16,27H,4-5H2,1-3H3,(H,28,31)(H,29,30). The fraction of sp³-hybridized carbons (Fsp3) is 0.240. The molecule has 0 aliphatic carbocycles. The maximum Gasteiger partial charge on any atom is 0.255 e. The lowest BCUT2D eigenvalue weighted by Crippen LogP contribution is -2.32. The number of anilines is 3. The average Bonchev–Trinajstić information content (AvgIpc) is 3.29. The molecule has 1 atom stereocenters. The lowest BCUT2D eigenvalue weighted by atomic mass is 10.1. The Labute approximate surface area is 202 Å². The quantitative estimate of drug-likeness (QED) is 0.373. The van der Waals surface area contributed by atoms with Crippen molar-refractivity contribution in [3.63, 3.8) is 0 Å². The second-order valence-corrected chi connectivity index (χ2v) is 8.08. The van der Waals surface area contributed by atoms with Gasteiger partial charge in [-0.3, -0.25) is 9.59 Å². The number of rotatable bonds is 10. The number of carbonyl (C=O) groups excluding carboxylic acids is 2. The number of thiophene rings is 1. The van der Waals surface area contributed by atoms with Crippen LogP contribution in [0.5, 0.6) is 11.5 Å². The van der Waals surface area contributed by atoms with E-state index in [1.54, 1.807) is 54.8 Å². The molecule has 3 aromatic rings. The van der Waals surface area contributed by atoms with Crippen LogP contribution in [0.2, 0.25) is 0 Å². The average molecular weight is 479 g/mol. The zero-order valence-corrected chi connectivity index (χ0v) is 20.0. The van der Waals surface area contributed by atoms with Crippen molar-refractivity contribution in [2.45, 2.75) is 26.8 Å². The van der Waals surface area contributed by atoms with Crippen LogP contribution in [0.1, 0.15) is 36.7 Å². The third-order valence-electron chi connectivity index (χ3n) is 4.75. The Morgan fingerprint density at radius 2 is 1.65 bits per heavy atom. The number of carbonyl (C=O) groups is 2. The summed E-state index contributed by atoms with van der Waals surface area (Å²) in [5.74, 6) is 0.320. The number of nitrogens with zero attached hydrogens (tertiary/aromatic N) is 1. The van der Waals surface area contributed by atoms with Gasteiger partial charge in [-0.15, -0.1) is 11.3 Å². The second kappa shape index (κ2) is 11.7. The summed E-state index contributed by atoms with van der Waals surface area (Å²) in [5, 5.41) is 20.2. The van der Waals surface area contributed by atoms with E-state index >= 15 is 0 Å². The Balaban J connectivity index is 1.84. The number of nitriles is 1. The van der Waals surface area contributed by atoms with E-state index in [0.29, 0.717) is 52.2 Å². The molecule has 0 bridgehead atoms. The molecule has 1 unspecified atom stereocenters. The van der Waals surface area contributed by atoms with Gasteiger partial charge in [-0.05, 0) is 44.4 Å². The summed E-state index contributed by atoms with van der Waals surface area (Å²) < 4.78 is 11.5. The molecule has 0 aliphatic rings. The van der Waals surface area contributed by atoms with E-state index in [1.807, 2.05) is 19.9 Å². The maximum atomic E-state index is 12.7. The van der Waals surface area contributed by atoms with Crippen LogP contribution in [0.25, 0.3) is 0 Å². The van der Waals surface area contributed by atoms with Crippen LogP contribution in [0, 0.1) is 11.3 Å². The Morgan fingerprint density at radius 1 is 1.00 bits per heavy atom. The molecule has 3 N–H and O–H groups in total. The molecular formula is C25H26N4O4S. The summed E-state index contributed by atoms with van der Waals surface area (Å²) in [4.78, 5) is 25.4. The lowest BCUT2D eigenvalue weighted by Gasteiger charge is -2.21. The summed E-state index contributed by atoms with van der Waals surface area (Å²) in [7, 11) is 0. The van der Waals surface area contributed by atoms with Gasteiger partial charge in [-0.2, -0.15) is 5.26 Å². The zero-order valence-electron chi connectivity index (χ0n) is 19.2. The zero-order chi connectivity index (χ0) is 24.5. The molecule has 2 aromatic carbocycles. The van der Waals surface area contributed by atoms with Crippen LogP contribution in [0.3, 0.4) is 0 Å². The SMILES string of the molecule is CCOc1cc(NC(C)C(=O)Nc2sccc2C#N)c(OCC)cc1NC(=O)c1ccccc1. The highest BCUT2D eigenvalue weighted by Crippen LogP contribution is 2.37. The third kappa shape index (κ3) is 6.05. The number of ether oxygens (including phenoxy) is 2. The summed E-state index contributed by atoms with van der Waals surface area (Å²) in [6.07, 6.45) is 0. The monoisotopic (exact) mass is 478 g/mol. The van der Waals surface area contributed by atoms with Gasteiger partial charge in [0.1, 0.15) is 28.6 Å². The molecule has 0 spiro atoms. The summed E-state index contributed by atoms with van der Waals surface area (Å²) >= 11 is 1.29. The highest BCUT2D eigenvalue weighted by molar-refractivity contribution is 7.14. The van der Waals surface area contributed by atoms with Gasteiger partial charge in [0.25, 0.3) is 5.91 Å². The normalized spacial score (nSPS) is 11.1. The molecule has 34 heavy (non-hydrogen) atoms. The number of hydrogen-bond acceptors (Lipinski definition) is 7. The van der Waals surface area contributed by atoms with Crippen LogP contribution in [-0.4, -0.2) is 31.1 Å². The summed E-state index contributed by atoms with van der Waals surface area (Å²) in [6.45, 7) is 6.16.